The molecule has 0 bridgehead atoms. The number of hydrogen-bond acceptors (Lipinski definition) is 6. The molecule has 0 aliphatic heterocycles. The maximum atomic E-state index is 11.6. The number of carbonyl (C=O) groups is 1. The summed E-state index contributed by atoms with van der Waals surface area (Å²) in [7, 11) is 0. The standard InChI is InChI=1S/C21H42O6/c1-2-3-4-5-6-7-8-9-10-11-12-13-14-15-16-21(25,26)20(24)27-19(17-22)18-23/h19,22-23,25-26H,2-18H2,1H3. The third-order valence-electron chi connectivity index (χ3n) is 4.89. The molecule has 0 unspecified atom stereocenters. The summed E-state index contributed by atoms with van der Waals surface area (Å²) in [5.41, 5.74) is 0. The molecule has 0 aromatic rings. The summed E-state index contributed by atoms with van der Waals surface area (Å²) >= 11 is 0. The summed E-state index contributed by atoms with van der Waals surface area (Å²) < 4.78 is 4.64. The zero-order chi connectivity index (χ0) is 20.4. The minimum absolute atomic E-state index is 0.104. The summed E-state index contributed by atoms with van der Waals surface area (Å²) in [4.78, 5) is 11.6. The van der Waals surface area contributed by atoms with Gasteiger partial charge in [0.25, 0.3) is 5.79 Å². The molecule has 0 rings (SSSR count). The van der Waals surface area contributed by atoms with E-state index in [1.807, 2.05) is 0 Å². The predicted octanol–water partition coefficient (Wildman–Crippen LogP) is 3.44. The Morgan fingerprint density at radius 1 is 0.741 bits per heavy atom. The first-order valence-corrected chi connectivity index (χ1v) is 10.9. The third kappa shape index (κ3) is 15.0. The highest BCUT2D eigenvalue weighted by atomic mass is 16.6. The molecule has 6 nitrogen and oxygen atoms in total. The zero-order valence-corrected chi connectivity index (χ0v) is 17.2. The number of ether oxygens (including phenoxy) is 1. The van der Waals surface area contributed by atoms with Crippen molar-refractivity contribution in [2.24, 2.45) is 0 Å². The van der Waals surface area contributed by atoms with Crippen LogP contribution in [0, 0.1) is 0 Å². The van der Waals surface area contributed by atoms with E-state index in [1.54, 1.807) is 0 Å². The van der Waals surface area contributed by atoms with E-state index in [2.05, 4.69) is 11.7 Å². The van der Waals surface area contributed by atoms with E-state index in [4.69, 9.17) is 10.2 Å². The molecule has 0 aromatic heterocycles. The van der Waals surface area contributed by atoms with Gasteiger partial charge in [-0.05, 0) is 6.42 Å². The molecule has 4 N–H and O–H groups in total. The van der Waals surface area contributed by atoms with Crippen molar-refractivity contribution >= 4 is 5.97 Å². The van der Waals surface area contributed by atoms with Crippen molar-refractivity contribution in [2.75, 3.05) is 13.2 Å². The van der Waals surface area contributed by atoms with Crippen LogP contribution in [0.15, 0.2) is 0 Å². The second-order valence-corrected chi connectivity index (χ2v) is 7.56. The van der Waals surface area contributed by atoms with Gasteiger partial charge in [0.1, 0.15) is 6.10 Å². The Kier molecular flexibility index (Phi) is 17.0. The van der Waals surface area contributed by atoms with Crippen molar-refractivity contribution in [3.63, 3.8) is 0 Å². The fourth-order valence-corrected chi connectivity index (χ4v) is 3.05. The molecule has 0 aliphatic rings. The fraction of sp³-hybridized carbons (Fsp3) is 0.952. The number of unbranched alkanes of at least 4 members (excludes halogenated alkanes) is 13. The Morgan fingerprint density at radius 2 is 1.11 bits per heavy atom. The molecule has 0 fully saturated rings. The molecular weight excluding hydrogens is 348 g/mol. The van der Waals surface area contributed by atoms with Crippen molar-refractivity contribution < 1.29 is 30.0 Å². The quantitative estimate of drug-likeness (QED) is 0.153. The molecule has 0 saturated heterocycles. The van der Waals surface area contributed by atoms with Gasteiger partial charge in [-0.2, -0.15) is 0 Å². The summed E-state index contributed by atoms with van der Waals surface area (Å²) in [5, 5.41) is 37.2. The lowest BCUT2D eigenvalue weighted by molar-refractivity contribution is -0.219. The first kappa shape index (κ1) is 26.3. The van der Waals surface area contributed by atoms with Crippen molar-refractivity contribution in [1.82, 2.24) is 0 Å². The summed E-state index contributed by atoms with van der Waals surface area (Å²) in [6.07, 6.45) is 15.5. The third-order valence-corrected chi connectivity index (χ3v) is 4.89. The van der Waals surface area contributed by atoms with E-state index < -0.39 is 31.1 Å². The molecule has 0 aromatic carbocycles. The second-order valence-electron chi connectivity index (χ2n) is 7.56. The van der Waals surface area contributed by atoms with Crippen molar-refractivity contribution in [1.29, 1.82) is 0 Å². The van der Waals surface area contributed by atoms with Gasteiger partial charge in [-0.1, -0.05) is 90.4 Å². The van der Waals surface area contributed by atoms with Crippen molar-refractivity contribution in [3.05, 3.63) is 0 Å². The normalized spacial score (nSPS) is 11.9. The van der Waals surface area contributed by atoms with Crippen LogP contribution in [0.2, 0.25) is 0 Å². The molecule has 0 atom stereocenters. The maximum absolute atomic E-state index is 11.6. The lowest BCUT2D eigenvalue weighted by Gasteiger charge is -2.22. The predicted molar refractivity (Wildman–Crippen MR) is 106 cm³/mol. The highest BCUT2D eigenvalue weighted by Crippen LogP contribution is 2.17. The SMILES string of the molecule is CCCCCCCCCCCCCCCCC(O)(O)C(=O)OC(CO)CO. The molecule has 0 saturated carbocycles. The van der Waals surface area contributed by atoms with E-state index >= 15 is 0 Å². The minimum Gasteiger partial charge on any atom is -0.453 e. The monoisotopic (exact) mass is 390 g/mol. The number of esters is 1. The molecule has 162 valence electrons. The molecule has 27 heavy (non-hydrogen) atoms. The van der Waals surface area contributed by atoms with E-state index in [-0.39, 0.29) is 6.42 Å². The number of carbonyl (C=O) groups excluding carboxylic acids is 1. The molecule has 0 spiro atoms. The summed E-state index contributed by atoms with van der Waals surface area (Å²) in [6.45, 7) is 1.12. The van der Waals surface area contributed by atoms with E-state index in [0.29, 0.717) is 6.42 Å². The molecule has 0 amide bonds. The van der Waals surface area contributed by atoms with Crippen molar-refractivity contribution in [2.45, 2.75) is 115 Å². The van der Waals surface area contributed by atoms with Gasteiger partial charge in [0.15, 0.2) is 0 Å². The maximum Gasteiger partial charge on any atom is 0.366 e. The van der Waals surface area contributed by atoms with Crippen LogP contribution >= 0.6 is 0 Å². The lowest BCUT2D eigenvalue weighted by Crippen LogP contribution is -2.43. The fourth-order valence-electron chi connectivity index (χ4n) is 3.05. The largest absolute Gasteiger partial charge is 0.453 e. The van der Waals surface area contributed by atoms with Crippen LogP contribution < -0.4 is 0 Å². The van der Waals surface area contributed by atoms with Gasteiger partial charge in [-0.25, -0.2) is 4.79 Å². The molecule has 0 radical (unpaired) electrons. The summed E-state index contributed by atoms with van der Waals surface area (Å²) in [5.74, 6) is -3.77. The van der Waals surface area contributed by atoms with Crippen LogP contribution in [0.4, 0.5) is 0 Å². The number of rotatable bonds is 19. The number of hydrogen-bond donors (Lipinski definition) is 4. The van der Waals surface area contributed by atoms with Crippen LogP contribution in [0.3, 0.4) is 0 Å². The van der Waals surface area contributed by atoms with E-state index in [9.17, 15) is 15.0 Å². The number of aliphatic hydroxyl groups is 4. The lowest BCUT2D eigenvalue weighted by atomic mass is 10.0. The van der Waals surface area contributed by atoms with Gasteiger partial charge < -0.3 is 25.2 Å². The Hall–Kier alpha value is -0.690. The van der Waals surface area contributed by atoms with E-state index in [1.165, 1.54) is 64.2 Å². The average Bonchev–Trinajstić information content (AvgIpc) is 2.66. The second kappa shape index (κ2) is 17.4. The van der Waals surface area contributed by atoms with Crippen LogP contribution in [0.25, 0.3) is 0 Å². The first-order chi connectivity index (χ1) is 13.0. The summed E-state index contributed by atoms with van der Waals surface area (Å²) in [6, 6.07) is 0. The minimum atomic E-state index is -2.56. The van der Waals surface area contributed by atoms with Crippen LogP contribution in [0.1, 0.15) is 103 Å². The van der Waals surface area contributed by atoms with Gasteiger partial charge in [0, 0.05) is 6.42 Å². The smallest absolute Gasteiger partial charge is 0.366 e. The van der Waals surface area contributed by atoms with Gasteiger partial charge in [-0.15, -0.1) is 0 Å². The number of aliphatic hydroxyl groups excluding tert-OH is 2. The van der Waals surface area contributed by atoms with Crippen LogP contribution in [-0.4, -0.2) is 51.5 Å². The van der Waals surface area contributed by atoms with Gasteiger partial charge in [0.2, 0.25) is 0 Å². The highest BCUT2D eigenvalue weighted by molar-refractivity contribution is 5.77. The van der Waals surface area contributed by atoms with Gasteiger partial charge >= 0.3 is 5.97 Å². The van der Waals surface area contributed by atoms with Gasteiger partial charge in [0.05, 0.1) is 13.2 Å². The molecular formula is C21H42O6. The first-order valence-electron chi connectivity index (χ1n) is 10.9. The highest BCUT2D eigenvalue weighted by Gasteiger charge is 2.35. The average molecular weight is 391 g/mol. The Bertz CT molecular complexity index is 342. The topological polar surface area (TPSA) is 107 Å². The molecule has 0 heterocycles. The van der Waals surface area contributed by atoms with E-state index in [0.717, 1.165) is 19.3 Å². The Labute approximate surface area is 164 Å². The molecule has 0 aliphatic carbocycles. The van der Waals surface area contributed by atoms with Crippen LogP contribution in [0.5, 0.6) is 0 Å². The van der Waals surface area contributed by atoms with Gasteiger partial charge in [-0.3, -0.25) is 0 Å². The zero-order valence-electron chi connectivity index (χ0n) is 17.2. The Morgan fingerprint density at radius 3 is 1.48 bits per heavy atom. The van der Waals surface area contributed by atoms with Crippen LogP contribution in [-0.2, 0) is 9.53 Å². The molecule has 6 heteroatoms. The van der Waals surface area contributed by atoms with Crippen molar-refractivity contribution in [3.8, 4) is 0 Å². The Balaban J connectivity index is 3.51.